The third kappa shape index (κ3) is 3.71. The summed E-state index contributed by atoms with van der Waals surface area (Å²) in [7, 11) is 0. The number of pyridine rings is 1. The standard InChI is InChI=1S/C10H12Cl3NO/c1-3-4-6(2)15-10-8(12)5-7(11)9(13)14-10/h5-6H,3-4H2,1-2H3. The first-order chi connectivity index (χ1) is 7.04. The van der Waals surface area contributed by atoms with Crippen LogP contribution in [0.25, 0.3) is 0 Å². The van der Waals surface area contributed by atoms with Crippen LogP contribution >= 0.6 is 34.8 Å². The predicted molar refractivity (Wildman–Crippen MR) is 64.3 cm³/mol. The first kappa shape index (κ1) is 12.9. The van der Waals surface area contributed by atoms with Crippen LogP contribution < -0.4 is 4.74 Å². The maximum atomic E-state index is 5.92. The fourth-order valence-electron chi connectivity index (χ4n) is 1.17. The number of nitrogens with zero attached hydrogens (tertiary/aromatic N) is 1. The van der Waals surface area contributed by atoms with Crippen LogP contribution in [0.1, 0.15) is 26.7 Å². The maximum Gasteiger partial charge on any atom is 0.234 e. The van der Waals surface area contributed by atoms with Crippen molar-refractivity contribution in [2.24, 2.45) is 0 Å². The summed E-state index contributed by atoms with van der Waals surface area (Å²) in [5.74, 6) is 0.340. The summed E-state index contributed by atoms with van der Waals surface area (Å²) < 4.78 is 5.54. The van der Waals surface area contributed by atoms with E-state index < -0.39 is 0 Å². The molecule has 0 aliphatic rings. The van der Waals surface area contributed by atoms with Gasteiger partial charge in [-0.25, -0.2) is 0 Å². The predicted octanol–water partition coefficient (Wildman–Crippen LogP) is 4.61. The second kappa shape index (κ2) is 5.78. The van der Waals surface area contributed by atoms with Crippen LogP contribution in [-0.4, -0.2) is 11.1 Å². The lowest BCUT2D eigenvalue weighted by molar-refractivity contribution is 0.201. The van der Waals surface area contributed by atoms with Crippen molar-refractivity contribution in [3.63, 3.8) is 0 Å². The molecule has 0 radical (unpaired) electrons. The quantitative estimate of drug-likeness (QED) is 0.744. The largest absolute Gasteiger partial charge is 0.474 e. The minimum atomic E-state index is 0.0669. The fraction of sp³-hybridized carbons (Fsp3) is 0.500. The fourth-order valence-corrected chi connectivity index (χ4v) is 1.70. The van der Waals surface area contributed by atoms with Crippen molar-refractivity contribution < 1.29 is 4.74 Å². The summed E-state index contributed by atoms with van der Waals surface area (Å²) in [6.07, 6.45) is 2.05. The molecule has 0 saturated carbocycles. The van der Waals surface area contributed by atoms with Gasteiger partial charge in [0.2, 0.25) is 5.88 Å². The lowest BCUT2D eigenvalue weighted by atomic mass is 10.2. The highest BCUT2D eigenvalue weighted by Crippen LogP contribution is 2.31. The Morgan fingerprint density at radius 2 is 2.00 bits per heavy atom. The van der Waals surface area contributed by atoms with Crippen molar-refractivity contribution in [3.05, 3.63) is 21.3 Å². The van der Waals surface area contributed by atoms with Crippen LogP contribution in [-0.2, 0) is 0 Å². The van der Waals surface area contributed by atoms with Crippen LogP contribution in [0.3, 0.4) is 0 Å². The Kier molecular flexibility index (Phi) is 4.97. The van der Waals surface area contributed by atoms with Crippen molar-refractivity contribution >= 4 is 34.8 Å². The summed E-state index contributed by atoms with van der Waals surface area (Å²) in [6.45, 7) is 4.05. The third-order valence-corrected chi connectivity index (χ3v) is 2.81. The summed E-state index contributed by atoms with van der Waals surface area (Å²) in [4.78, 5) is 3.97. The van der Waals surface area contributed by atoms with E-state index in [1.807, 2.05) is 6.92 Å². The zero-order chi connectivity index (χ0) is 11.4. The van der Waals surface area contributed by atoms with Gasteiger partial charge >= 0.3 is 0 Å². The van der Waals surface area contributed by atoms with E-state index in [2.05, 4.69) is 11.9 Å². The molecule has 0 N–H and O–H groups in total. The Hall–Kier alpha value is -0.180. The molecule has 0 aliphatic heterocycles. The van der Waals surface area contributed by atoms with Gasteiger partial charge in [0.1, 0.15) is 5.02 Å². The molecule has 1 heterocycles. The van der Waals surface area contributed by atoms with E-state index in [1.165, 1.54) is 6.07 Å². The van der Waals surface area contributed by atoms with Gasteiger partial charge in [-0.3, -0.25) is 0 Å². The highest BCUT2D eigenvalue weighted by atomic mass is 35.5. The molecule has 0 bridgehead atoms. The van der Waals surface area contributed by atoms with Gasteiger partial charge in [0.25, 0.3) is 0 Å². The molecule has 1 aromatic heterocycles. The Labute approximate surface area is 104 Å². The van der Waals surface area contributed by atoms with E-state index in [1.54, 1.807) is 0 Å². The highest BCUT2D eigenvalue weighted by Gasteiger charge is 2.11. The number of hydrogen-bond acceptors (Lipinski definition) is 2. The average molecular weight is 269 g/mol. The molecule has 1 rings (SSSR count). The SMILES string of the molecule is CCCC(C)Oc1nc(Cl)c(Cl)cc1Cl. The van der Waals surface area contributed by atoms with Crippen LogP contribution in [0.2, 0.25) is 15.2 Å². The van der Waals surface area contributed by atoms with Crippen LogP contribution in [0.15, 0.2) is 6.07 Å². The molecule has 2 nitrogen and oxygen atoms in total. The minimum absolute atomic E-state index is 0.0669. The summed E-state index contributed by atoms with van der Waals surface area (Å²) in [5, 5.41) is 0.921. The molecule has 0 saturated heterocycles. The van der Waals surface area contributed by atoms with E-state index in [0.717, 1.165) is 12.8 Å². The van der Waals surface area contributed by atoms with Crippen LogP contribution in [0.5, 0.6) is 5.88 Å². The number of halogens is 3. The Bertz CT molecular complexity index is 344. The van der Waals surface area contributed by atoms with Gasteiger partial charge in [-0.15, -0.1) is 0 Å². The number of aromatic nitrogens is 1. The normalized spacial score (nSPS) is 12.6. The Morgan fingerprint density at radius 1 is 1.33 bits per heavy atom. The molecule has 1 atom stereocenters. The smallest absolute Gasteiger partial charge is 0.234 e. The molecule has 84 valence electrons. The van der Waals surface area contributed by atoms with Gasteiger partial charge in [0, 0.05) is 0 Å². The summed E-state index contributed by atoms with van der Waals surface area (Å²) >= 11 is 17.4. The van der Waals surface area contributed by atoms with Crippen molar-refractivity contribution in [2.75, 3.05) is 0 Å². The van der Waals surface area contributed by atoms with Crippen molar-refractivity contribution in [2.45, 2.75) is 32.8 Å². The molecule has 1 unspecified atom stereocenters. The van der Waals surface area contributed by atoms with Crippen molar-refractivity contribution in [3.8, 4) is 5.88 Å². The molecular weight excluding hydrogens is 256 g/mol. The van der Waals surface area contributed by atoms with Crippen molar-refractivity contribution in [1.29, 1.82) is 0 Å². The zero-order valence-corrected chi connectivity index (χ0v) is 10.8. The van der Waals surface area contributed by atoms with Gasteiger partial charge in [-0.1, -0.05) is 48.1 Å². The molecular formula is C10H12Cl3NO. The van der Waals surface area contributed by atoms with Gasteiger partial charge < -0.3 is 4.74 Å². The monoisotopic (exact) mass is 267 g/mol. The molecule has 0 aliphatic carbocycles. The minimum Gasteiger partial charge on any atom is -0.474 e. The molecule has 0 amide bonds. The maximum absolute atomic E-state index is 5.92. The first-order valence-electron chi connectivity index (χ1n) is 4.72. The topological polar surface area (TPSA) is 22.1 Å². The third-order valence-electron chi connectivity index (χ3n) is 1.86. The molecule has 0 spiro atoms. The molecule has 0 aromatic carbocycles. The molecule has 0 fully saturated rings. The van der Waals surface area contributed by atoms with Crippen LogP contribution in [0, 0.1) is 0 Å². The molecule has 15 heavy (non-hydrogen) atoms. The van der Waals surface area contributed by atoms with Gasteiger partial charge in [0.05, 0.1) is 11.1 Å². The van der Waals surface area contributed by atoms with Gasteiger partial charge in [0.15, 0.2) is 5.15 Å². The van der Waals surface area contributed by atoms with E-state index in [-0.39, 0.29) is 11.3 Å². The Balaban J connectivity index is 2.81. The van der Waals surface area contributed by atoms with E-state index in [0.29, 0.717) is 15.9 Å². The molecule has 5 heteroatoms. The number of hydrogen-bond donors (Lipinski definition) is 0. The van der Waals surface area contributed by atoms with E-state index in [4.69, 9.17) is 39.5 Å². The summed E-state index contributed by atoms with van der Waals surface area (Å²) in [6, 6.07) is 1.53. The average Bonchev–Trinajstić information content (AvgIpc) is 2.14. The van der Waals surface area contributed by atoms with E-state index >= 15 is 0 Å². The lowest BCUT2D eigenvalue weighted by Crippen LogP contribution is -2.12. The zero-order valence-electron chi connectivity index (χ0n) is 8.56. The summed E-state index contributed by atoms with van der Waals surface area (Å²) in [5.41, 5.74) is 0. The number of rotatable bonds is 4. The van der Waals surface area contributed by atoms with Gasteiger partial charge in [-0.2, -0.15) is 4.98 Å². The van der Waals surface area contributed by atoms with E-state index in [9.17, 15) is 0 Å². The van der Waals surface area contributed by atoms with Crippen LogP contribution in [0.4, 0.5) is 0 Å². The Morgan fingerprint density at radius 3 is 2.60 bits per heavy atom. The van der Waals surface area contributed by atoms with Gasteiger partial charge in [-0.05, 0) is 19.4 Å². The first-order valence-corrected chi connectivity index (χ1v) is 5.86. The second-order valence-electron chi connectivity index (χ2n) is 3.27. The van der Waals surface area contributed by atoms with Crippen molar-refractivity contribution in [1.82, 2.24) is 4.98 Å². The highest BCUT2D eigenvalue weighted by molar-refractivity contribution is 6.42. The molecule has 1 aromatic rings. The lowest BCUT2D eigenvalue weighted by Gasteiger charge is -2.14. The number of ether oxygens (including phenoxy) is 1. The second-order valence-corrected chi connectivity index (χ2v) is 4.44.